The second-order valence-corrected chi connectivity index (χ2v) is 7.21. The van der Waals surface area contributed by atoms with Gasteiger partial charge in [0.1, 0.15) is 6.04 Å². The van der Waals surface area contributed by atoms with Crippen molar-refractivity contribution in [2.45, 2.75) is 51.1 Å². The molecule has 1 aliphatic rings. The molecule has 1 aliphatic carbocycles. The quantitative estimate of drug-likeness (QED) is 0.788. The summed E-state index contributed by atoms with van der Waals surface area (Å²) in [7, 11) is 1.46. The van der Waals surface area contributed by atoms with Crippen LogP contribution in [0, 0.1) is 5.92 Å². The Hall–Kier alpha value is -0.870. The fourth-order valence-electron chi connectivity index (χ4n) is 2.92. The van der Waals surface area contributed by atoms with Gasteiger partial charge in [-0.2, -0.15) is 0 Å². The van der Waals surface area contributed by atoms with E-state index in [1.54, 1.807) is 0 Å². The third kappa shape index (κ3) is 4.55. The van der Waals surface area contributed by atoms with Crippen molar-refractivity contribution in [3.05, 3.63) is 34.3 Å². The van der Waals surface area contributed by atoms with Crippen LogP contribution in [0.4, 0.5) is 0 Å². The average Bonchev–Trinajstić information content (AvgIpc) is 2.39. The van der Waals surface area contributed by atoms with E-state index in [4.69, 9.17) is 4.74 Å². The fraction of sp³-hybridized carbons (Fsp3) is 0.588. The number of rotatable bonds is 6. The number of benzene rings is 1. The Kier molecular flexibility index (Phi) is 5.82. The zero-order chi connectivity index (χ0) is 15.4. The van der Waals surface area contributed by atoms with Gasteiger partial charge in [0, 0.05) is 10.5 Å². The number of halogens is 1. The van der Waals surface area contributed by atoms with Gasteiger partial charge in [-0.05, 0) is 48.8 Å². The second kappa shape index (κ2) is 7.41. The van der Waals surface area contributed by atoms with Gasteiger partial charge in [0.2, 0.25) is 0 Å². The number of ether oxygens (including phenoxy) is 1. The molecular weight excluding hydrogens is 330 g/mol. The number of carbonyl (C=O) groups excluding carboxylic acids is 1. The summed E-state index contributed by atoms with van der Waals surface area (Å²) in [6, 6.07) is 8.73. The van der Waals surface area contributed by atoms with Crippen LogP contribution in [0.15, 0.2) is 28.7 Å². The summed E-state index contributed by atoms with van der Waals surface area (Å²) in [6.07, 6.45) is 2.99. The summed E-state index contributed by atoms with van der Waals surface area (Å²) in [5.74, 6) is 0.925. The van der Waals surface area contributed by atoms with Gasteiger partial charge in [0.25, 0.3) is 0 Å². The van der Waals surface area contributed by atoms with Crippen molar-refractivity contribution in [2.24, 2.45) is 5.92 Å². The molecule has 0 aromatic heterocycles. The minimum atomic E-state index is -0.177. The van der Waals surface area contributed by atoms with Gasteiger partial charge in [-0.15, -0.1) is 0 Å². The Morgan fingerprint density at radius 2 is 2.14 bits per heavy atom. The van der Waals surface area contributed by atoms with Crippen molar-refractivity contribution in [3.8, 4) is 0 Å². The lowest BCUT2D eigenvalue weighted by Gasteiger charge is -2.38. The van der Waals surface area contributed by atoms with Crippen molar-refractivity contribution in [3.63, 3.8) is 0 Å². The van der Waals surface area contributed by atoms with Crippen LogP contribution in [0.3, 0.4) is 0 Å². The lowest BCUT2D eigenvalue weighted by Crippen LogP contribution is -2.49. The van der Waals surface area contributed by atoms with E-state index in [9.17, 15) is 4.79 Å². The average molecular weight is 354 g/mol. The van der Waals surface area contributed by atoms with Crippen LogP contribution in [0.5, 0.6) is 0 Å². The number of carbonyl (C=O) groups is 1. The molecule has 0 amide bonds. The Morgan fingerprint density at radius 1 is 1.43 bits per heavy atom. The molecule has 0 aliphatic heterocycles. The minimum Gasteiger partial charge on any atom is -0.468 e. The van der Waals surface area contributed by atoms with Crippen LogP contribution >= 0.6 is 15.9 Å². The SMILES string of the molecule is COC(=O)C(CC(C)C)NC1CC(c2cccc(Br)c2)C1. The maximum absolute atomic E-state index is 11.8. The first kappa shape index (κ1) is 16.5. The predicted octanol–water partition coefficient (Wildman–Crippen LogP) is 3.87. The van der Waals surface area contributed by atoms with E-state index < -0.39 is 0 Å². The third-order valence-electron chi connectivity index (χ3n) is 4.09. The van der Waals surface area contributed by atoms with Crippen LogP contribution in [0.1, 0.15) is 44.6 Å². The molecule has 116 valence electrons. The molecule has 0 heterocycles. The molecule has 0 saturated heterocycles. The smallest absolute Gasteiger partial charge is 0.322 e. The van der Waals surface area contributed by atoms with E-state index in [0.717, 1.165) is 23.7 Å². The molecule has 1 saturated carbocycles. The van der Waals surface area contributed by atoms with Crippen molar-refractivity contribution in [2.75, 3.05) is 7.11 Å². The molecule has 1 fully saturated rings. The standard InChI is InChI=1S/C17H24BrNO2/c1-11(2)7-16(17(20)21-3)19-15-9-13(10-15)12-5-4-6-14(18)8-12/h4-6,8,11,13,15-16,19H,7,9-10H2,1-3H3. The summed E-state index contributed by atoms with van der Waals surface area (Å²) in [4.78, 5) is 11.8. The Labute approximate surface area is 135 Å². The summed E-state index contributed by atoms with van der Waals surface area (Å²) in [6.45, 7) is 4.26. The number of hydrogen-bond acceptors (Lipinski definition) is 3. The first-order valence-electron chi connectivity index (χ1n) is 7.59. The molecule has 0 bridgehead atoms. The van der Waals surface area contributed by atoms with Crippen LogP contribution in [0.2, 0.25) is 0 Å². The fourth-order valence-corrected chi connectivity index (χ4v) is 3.33. The van der Waals surface area contributed by atoms with E-state index in [1.165, 1.54) is 12.7 Å². The molecule has 3 nitrogen and oxygen atoms in total. The van der Waals surface area contributed by atoms with Gasteiger partial charge in [-0.25, -0.2) is 0 Å². The van der Waals surface area contributed by atoms with E-state index in [-0.39, 0.29) is 12.0 Å². The molecule has 1 unspecified atom stereocenters. The highest BCUT2D eigenvalue weighted by Gasteiger charge is 2.33. The maximum Gasteiger partial charge on any atom is 0.322 e. The van der Waals surface area contributed by atoms with Crippen LogP contribution in [0.25, 0.3) is 0 Å². The first-order chi connectivity index (χ1) is 9.99. The van der Waals surface area contributed by atoms with Gasteiger partial charge in [-0.3, -0.25) is 4.79 Å². The monoisotopic (exact) mass is 353 g/mol. The lowest BCUT2D eigenvalue weighted by molar-refractivity contribution is -0.144. The Bertz CT molecular complexity index is 483. The number of esters is 1. The van der Waals surface area contributed by atoms with E-state index in [2.05, 4.69) is 53.3 Å². The highest BCUT2D eigenvalue weighted by Crippen LogP contribution is 2.38. The van der Waals surface area contributed by atoms with Crippen LogP contribution < -0.4 is 5.32 Å². The summed E-state index contributed by atoms with van der Waals surface area (Å²) >= 11 is 3.52. The number of nitrogens with one attached hydrogen (secondary N) is 1. The molecule has 0 radical (unpaired) electrons. The number of methoxy groups -OCH3 is 1. The molecule has 4 heteroatoms. The number of hydrogen-bond donors (Lipinski definition) is 1. The Morgan fingerprint density at radius 3 is 2.71 bits per heavy atom. The van der Waals surface area contributed by atoms with Crippen LogP contribution in [-0.2, 0) is 9.53 Å². The van der Waals surface area contributed by atoms with Gasteiger partial charge in [0.05, 0.1) is 7.11 Å². The van der Waals surface area contributed by atoms with E-state index in [0.29, 0.717) is 17.9 Å². The van der Waals surface area contributed by atoms with Crippen molar-refractivity contribution in [1.82, 2.24) is 5.32 Å². The third-order valence-corrected chi connectivity index (χ3v) is 4.58. The highest BCUT2D eigenvalue weighted by atomic mass is 79.9. The lowest BCUT2D eigenvalue weighted by atomic mass is 9.75. The second-order valence-electron chi connectivity index (χ2n) is 6.29. The molecule has 2 rings (SSSR count). The van der Waals surface area contributed by atoms with E-state index >= 15 is 0 Å². The van der Waals surface area contributed by atoms with Crippen molar-refractivity contribution < 1.29 is 9.53 Å². The normalized spacial score (nSPS) is 22.7. The van der Waals surface area contributed by atoms with Gasteiger partial charge in [0.15, 0.2) is 0 Å². The molecule has 1 aromatic carbocycles. The highest BCUT2D eigenvalue weighted by molar-refractivity contribution is 9.10. The zero-order valence-corrected chi connectivity index (χ0v) is 14.5. The van der Waals surface area contributed by atoms with Crippen molar-refractivity contribution in [1.29, 1.82) is 0 Å². The van der Waals surface area contributed by atoms with Gasteiger partial charge in [-0.1, -0.05) is 41.9 Å². The van der Waals surface area contributed by atoms with Gasteiger partial charge < -0.3 is 10.1 Å². The minimum absolute atomic E-state index is 0.144. The zero-order valence-electron chi connectivity index (χ0n) is 12.9. The topological polar surface area (TPSA) is 38.3 Å². The largest absolute Gasteiger partial charge is 0.468 e. The summed E-state index contributed by atoms with van der Waals surface area (Å²) < 4.78 is 6.03. The predicted molar refractivity (Wildman–Crippen MR) is 88.3 cm³/mol. The molecule has 21 heavy (non-hydrogen) atoms. The summed E-state index contributed by atoms with van der Waals surface area (Å²) in [5.41, 5.74) is 1.38. The maximum atomic E-state index is 11.8. The van der Waals surface area contributed by atoms with Gasteiger partial charge >= 0.3 is 5.97 Å². The van der Waals surface area contributed by atoms with Crippen molar-refractivity contribution >= 4 is 21.9 Å². The first-order valence-corrected chi connectivity index (χ1v) is 8.38. The van der Waals surface area contributed by atoms with Crippen LogP contribution in [-0.4, -0.2) is 25.2 Å². The molecule has 1 N–H and O–H groups in total. The molecule has 0 spiro atoms. The Balaban J connectivity index is 1.87. The molecular formula is C17H24BrNO2. The van der Waals surface area contributed by atoms with E-state index in [1.807, 2.05) is 6.07 Å². The molecule has 1 atom stereocenters. The molecule has 1 aromatic rings. The summed E-state index contributed by atoms with van der Waals surface area (Å²) in [5, 5.41) is 3.46.